The Morgan fingerprint density at radius 2 is 2.31 bits per heavy atom. The molecule has 0 saturated carbocycles. The SMILES string of the molecule is Cc1cncnc1-c1nnnn1I. The molecule has 0 saturated heterocycles. The van der Waals surface area contributed by atoms with Crippen molar-refractivity contribution in [2.24, 2.45) is 0 Å². The number of rotatable bonds is 1. The third kappa shape index (κ3) is 1.50. The van der Waals surface area contributed by atoms with E-state index in [0.717, 1.165) is 11.3 Å². The molecule has 0 amide bonds. The van der Waals surface area contributed by atoms with E-state index in [1.165, 1.54) is 6.33 Å². The molecule has 0 N–H and O–H groups in total. The Morgan fingerprint density at radius 1 is 1.46 bits per heavy atom. The highest BCUT2D eigenvalue weighted by Crippen LogP contribution is 2.16. The highest BCUT2D eigenvalue weighted by atomic mass is 127. The zero-order chi connectivity index (χ0) is 9.26. The summed E-state index contributed by atoms with van der Waals surface area (Å²) in [4.78, 5) is 8.00. The first-order valence-corrected chi connectivity index (χ1v) is 4.47. The van der Waals surface area contributed by atoms with Crippen molar-refractivity contribution < 1.29 is 0 Å². The first-order chi connectivity index (χ1) is 6.29. The van der Waals surface area contributed by atoms with Gasteiger partial charge >= 0.3 is 0 Å². The van der Waals surface area contributed by atoms with Crippen molar-refractivity contribution in [3.8, 4) is 11.5 Å². The zero-order valence-electron chi connectivity index (χ0n) is 6.72. The van der Waals surface area contributed by atoms with Crippen molar-refractivity contribution >= 4 is 22.9 Å². The fraction of sp³-hybridized carbons (Fsp3) is 0.167. The molecule has 7 heteroatoms. The summed E-state index contributed by atoms with van der Waals surface area (Å²) in [5, 5.41) is 11.1. The molecule has 66 valence electrons. The minimum atomic E-state index is 0.639. The molecule has 2 rings (SSSR count). The van der Waals surface area contributed by atoms with Gasteiger partial charge in [0, 0.05) is 6.20 Å². The fourth-order valence-electron chi connectivity index (χ4n) is 0.945. The van der Waals surface area contributed by atoms with Crippen molar-refractivity contribution in [1.29, 1.82) is 0 Å². The molecule has 0 unspecified atom stereocenters. The van der Waals surface area contributed by atoms with E-state index in [2.05, 4.69) is 25.5 Å². The van der Waals surface area contributed by atoms with E-state index < -0.39 is 0 Å². The Balaban J connectivity index is 2.59. The minimum Gasteiger partial charge on any atom is -0.244 e. The average molecular weight is 288 g/mol. The van der Waals surface area contributed by atoms with Gasteiger partial charge in [-0.15, -0.1) is 5.10 Å². The van der Waals surface area contributed by atoms with Crippen LogP contribution in [0.3, 0.4) is 0 Å². The summed E-state index contributed by atoms with van der Waals surface area (Å²) in [7, 11) is 0. The van der Waals surface area contributed by atoms with Gasteiger partial charge in [0.2, 0.25) is 5.82 Å². The largest absolute Gasteiger partial charge is 0.244 e. The van der Waals surface area contributed by atoms with Gasteiger partial charge in [0.05, 0.1) is 22.9 Å². The Kier molecular flexibility index (Phi) is 2.17. The standard InChI is InChI=1S/C6H5IN6/c1-4-2-8-3-9-5(4)6-10-11-12-13(6)7/h2-3H,1H3. The molecule has 0 aliphatic heterocycles. The van der Waals surface area contributed by atoms with Crippen LogP contribution >= 0.6 is 22.9 Å². The molecule has 0 bridgehead atoms. The van der Waals surface area contributed by atoms with E-state index in [0.29, 0.717) is 5.82 Å². The number of hydrogen-bond acceptors (Lipinski definition) is 5. The summed E-state index contributed by atoms with van der Waals surface area (Å²) in [5.41, 5.74) is 1.71. The molecule has 0 fully saturated rings. The van der Waals surface area contributed by atoms with Crippen LogP contribution in [0.4, 0.5) is 0 Å². The molecule has 0 spiro atoms. The summed E-state index contributed by atoms with van der Waals surface area (Å²) in [6.07, 6.45) is 3.21. The first kappa shape index (κ1) is 8.48. The number of aryl methyl sites for hydroxylation is 1. The van der Waals surface area contributed by atoms with E-state index in [9.17, 15) is 0 Å². The summed E-state index contributed by atoms with van der Waals surface area (Å²) in [5.74, 6) is 0.639. The second kappa shape index (κ2) is 3.32. The lowest BCUT2D eigenvalue weighted by Crippen LogP contribution is -1.94. The van der Waals surface area contributed by atoms with Crippen molar-refractivity contribution in [1.82, 2.24) is 28.4 Å². The lowest BCUT2D eigenvalue weighted by atomic mass is 10.2. The van der Waals surface area contributed by atoms with Crippen LogP contribution in [0.25, 0.3) is 11.5 Å². The van der Waals surface area contributed by atoms with E-state index in [-0.39, 0.29) is 0 Å². The van der Waals surface area contributed by atoms with Gasteiger partial charge in [-0.25, -0.2) is 9.97 Å². The van der Waals surface area contributed by atoms with Gasteiger partial charge in [-0.1, -0.05) is 0 Å². The van der Waals surface area contributed by atoms with Crippen LogP contribution in [0.1, 0.15) is 5.56 Å². The monoisotopic (exact) mass is 288 g/mol. The van der Waals surface area contributed by atoms with Crippen LogP contribution in [0.2, 0.25) is 0 Å². The second-order valence-electron chi connectivity index (χ2n) is 2.42. The van der Waals surface area contributed by atoms with Crippen molar-refractivity contribution in [2.75, 3.05) is 0 Å². The predicted octanol–water partition coefficient (Wildman–Crippen LogP) is 0.637. The summed E-state index contributed by atoms with van der Waals surface area (Å²) >= 11 is 2.00. The Bertz CT molecular complexity index is 425. The van der Waals surface area contributed by atoms with Crippen molar-refractivity contribution in [3.05, 3.63) is 18.1 Å². The van der Waals surface area contributed by atoms with E-state index >= 15 is 0 Å². The third-order valence-corrected chi connectivity index (χ3v) is 2.19. The molecular weight excluding hydrogens is 283 g/mol. The summed E-state index contributed by atoms with van der Waals surface area (Å²) < 4.78 is 1.55. The molecule has 2 heterocycles. The lowest BCUT2D eigenvalue weighted by Gasteiger charge is -1.98. The zero-order valence-corrected chi connectivity index (χ0v) is 8.87. The molecular formula is C6H5IN6. The minimum absolute atomic E-state index is 0.639. The summed E-state index contributed by atoms with van der Waals surface area (Å²) in [6.45, 7) is 1.92. The fourth-order valence-corrected chi connectivity index (χ4v) is 1.36. The number of nitrogens with zero attached hydrogens (tertiary/aromatic N) is 6. The van der Waals surface area contributed by atoms with Gasteiger partial charge in [0.15, 0.2) is 0 Å². The number of aromatic nitrogens is 6. The molecule has 2 aromatic rings. The first-order valence-electron chi connectivity index (χ1n) is 3.50. The Labute approximate surface area is 87.9 Å². The molecule has 13 heavy (non-hydrogen) atoms. The van der Waals surface area contributed by atoms with E-state index in [4.69, 9.17) is 0 Å². The van der Waals surface area contributed by atoms with Crippen molar-refractivity contribution in [3.63, 3.8) is 0 Å². The second-order valence-corrected chi connectivity index (χ2v) is 3.33. The third-order valence-electron chi connectivity index (χ3n) is 1.54. The number of tetrazole rings is 1. The van der Waals surface area contributed by atoms with Crippen LogP contribution in [-0.2, 0) is 0 Å². The lowest BCUT2D eigenvalue weighted by molar-refractivity contribution is 0.870. The number of halogens is 1. The molecule has 0 radical (unpaired) electrons. The van der Waals surface area contributed by atoms with Gasteiger partial charge in [0.1, 0.15) is 12.0 Å². The molecule has 2 aromatic heterocycles. The maximum atomic E-state index is 4.10. The van der Waals surface area contributed by atoms with Gasteiger partial charge in [0.25, 0.3) is 0 Å². The van der Waals surface area contributed by atoms with E-state index in [1.807, 2.05) is 29.8 Å². The highest BCUT2D eigenvalue weighted by Gasteiger charge is 2.10. The van der Waals surface area contributed by atoms with Crippen LogP contribution in [0.5, 0.6) is 0 Å². The van der Waals surface area contributed by atoms with Crippen molar-refractivity contribution in [2.45, 2.75) is 6.92 Å². The van der Waals surface area contributed by atoms with Gasteiger partial charge in [-0.3, -0.25) is 0 Å². The smallest absolute Gasteiger partial charge is 0.211 e. The Morgan fingerprint density at radius 3 is 2.92 bits per heavy atom. The maximum Gasteiger partial charge on any atom is 0.211 e. The molecule has 0 aromatic carbocycles. The van der Waals surface area contributed by atoms with Crippen LogP contribution in [0.15, 0.2) is 12.5 Å². The van der Waals surface area contributed by atoms with Crippen LogP contribution in [-0.4, -0.2) is 28.4 Å². The highest BCUT2D eigenvalue weighted by molar-refractivity contribution is 14.1. The average Bonchev–Trinajstić information content (AvgIpc) is 2.52. The predicted molar refractivity (Wildman–Crippen MR) is 53.0 cm³/mol. The molecule has 6 nitrogen and oxygen atoms in total. The van der Waals surface area contributed by atoms with Gasteiger partial charge < -0.3 is 0 Å². The summed E-state index contributed by atoms with van der Waals surface area (Å²) in [6, 6.07) is 0. The maximum absolute atomic E-state index is 4.10. The molecule has 0 atom stereocenters. The number of hydrogen-bond donors (Lipinski definition) is 0. The topological polar surface area (TPSA) is 69.4 Å². The van der Waals surface area contributed by atoms with Gasteiger partial charge in [-0.05, 0) is 22.9 Å². The van der Waals surface area contributed by atoms with Crippen LogP contribution in [0, 0.1) is 6.92 Å². The van der Waals surface area contributed by atoms with Crippen LogP contribution < -0.4 is 0 Å². The normalized spacial score (nSPS) is 10.3. The molecule has 0 aliphatic rings. The van der Waals surface area contributed by atoms with E-state index in [1.54, 1.807) is 9.09 Å². The van der Waals surface area contributed by atoms with Gasteiger partial charge in [-0.2, -0.15) is 2.90 Å². The quantitative estimate of drug-likeness (QED) is 0.720. The molecule has 0 aliphatic carbocycles. The Hall–Kier alpha value is -1.12.